The van der Waals surface area contributed by atoms with E-state index in [9.17, 15) is 14.7 Å². The van der Waals surface area contributed by atoms with Crippen LogP contribution in [0.5, 0.6) is 17.2 Å². The van der Waals surface area contributed by atoms with Gasteiger partial charge in [-0.15, -0.1) is 0 Å². The van der Waals surface area contributed by atoms with Crippen LogP contribution < -0.4 is 19.5 Å². The Morgan fingerprint density at radius 3 is 1.61 bits per heavy atom. The van der Waals surface area contributed by atoms with Gasteiger partial charge >= 0.3 is 5.97 Å². The van der Waals surface area contributed by atoms with E-state index < -0.39 is 17.9 Å². The van der Waals surface area contributed by atoms with Gasteiger partial charge in [0.2, 0.25) is 0 Å². The van der Waals surface area contributed by atoms with Crippen LogP contribution >= 0.6 is 0 Å². The largest absolute Gasteiger partial charge is 0.489 e. The molecule has 0 saturated carbocycles. The van der Waals surface area contributed by atoms with Gasteiger partial charge in [-0.2, -0.15) is 0 Å². The predicted molar refractivity (Wildman–Crippen MR) is 168 cm³/mol. The summed E-state index contributed by atoms with van der Waals surface area (Å²) in [6.07, 6.45) is -0.267. The number of ether oxygens (including phenoxy) is 3. The van der Waals surface area contributed by atoms with Crippen LogP contribution in [-0.4, -0.2) is 17.0 Å². The molecule has 44 heavy (non-hydrogen) atoms. The van der Waals surface area contributed by atoms with Crippen LogP contribution in [0.25, 0.3) is 0 Å². The Labute approximate surface area is 256 Å². The van der Waals surface area contributed by atoms with Gasteiger partial charge in [-0.1, -0.05) is 91.0 Å². The molecular weight excluding hydrogens is 554 g/mol. The van der Waals surface area contributed by atoms with Crippen LogP contribution in [-0.2, 0) is 24.6 Å². The Morgan fingerprint density at radius 1 is 0.568 bits per heavy atom. The fourth-order valence-electron chi connectivity index (χ4n) is 4.52. The lowest BCUT2D eigenvalue weighted by atomic mass is 10.0. The lowest BCUT2D eigenvalue weighted by Gasteiger charge is -2.18. The molecule has 0 radical (unpaired) electrons. The maximum Gasteiger partial charge on any atom is 0.305 e. The number of hydrogen-bond donors (Lipinski definition) is 2. The topological polar surface area (TPSA) is 94.1 Å². The van der Waals surface area contributed by atoms with Crippen molar-refractivity contribution in [2.45, 2.75) is 32.3 Å². The molecule has 0 aliphatic heterocycles. The molecule has 0 heterocycles. The number of nitrogens with one attached hydrogen (secondary N) is 1. The van der Waals surface area contributed by atoms with Crippen molar-refractivity contribution in [1.29, 1.82) is 0 Å². The maximum absolute atomic E-state index is 13.2. The van der Waals surface area contributed by atoms with E-state index in [2.05, 4.69) is 5.32 Å². The molecule has 222 valence electrons. The maximum atomic E-state index is 13.2. The zero-order chi connectivity index (χ0) is 30.6. The first kappa shape index (κ1) is 29.9. The van der Waals surface area contributed by atoms with Crippen molar-refractivity contribution >= 4 is 11.9 Å². The summed E-state index contributed by atoms with van der Waals surface area (Å²) in [5.41, 5.74) is 4.12. The molecule has 1 amide bonds. The van der Waals surface area contributed by atoms with E-state index in [-0.39, 0.29) is 6.42 Å². The first-order chi connectivity index (χ1) is 21.5. The van der Waals surface area contributed by atoms with Crippen LogP contribution in [0.15, 0.2) is 133 Å². The second kappa shape index (κ2) is 15.1. The second-order valence-corrected chi connectivity index (χ2v) is 10.2. The van der Waals surface area contributed by atoms with Crippen molar-refractivity contribution in [2.24, 2.45) is 0 Å². The van der Waals surface area contributed by atoms with E-state index in [0.717, 1.165) is 22.4 Å². The highest BCUT2D eigenvalue weighted by molar-refractivity contribution is 5.95. The molecular formula is C37H33NO6. The Balaban J connectivity index is 1.16. The minimum atomic E-state index is -1.02. The van der Waals surface area contributed by atoms with Gasteiger partial charge in [0.05, 0.1) is 12.5 Å². The smallest absolute Gasteiger partial charge is 0.305 e. The third kappa shape index (κ3) is 8.97. The number of hydrogen-bond acceptors (Lipinski definition) is 5. The molecule has 0 aromatic heterocycles. The zero-order valence-electron chi connectivity index (χ0n) is 24.1. The summed E-state index contributed by atoms with van der Waals surface area (Å²) in [5.74, 6) is 0.523. The Kier molecular flexibility index (Phi) is 10.2. The zero-order valence-corrected chi connectivity index (χ0v) is 24.1. The van der Waals surface area contributed by atoms with Gasteiger partial charge in [0.15, 0.2) is 0 Å². The molecule has 5 rings (SSSR count). The van der Waals surface area contributed by atoms with Crippen LogP contribution in [0.2, 0.25) is 0 Å². The first-order valence-electron chi connectivity index (χ1n) is 14.3. The number of aliphatic carboxylic acids is 1. The van der Waals surface area contributed by atoms with Crippen molar-refractivity contribution in [1.82, 2.24) is 5.32 Å². The van der Waals surface area contributed by atoms with Crippen LogP contribution in [0, 0.1) is 0 Å². The van der Waals surface area contributed by atoms with E-state index >= 15 is 0 Å². The van der Waals surface area contributed by atoms with Gasteiger partial charge in [-0.05, 0) is 64.7 Å². The molecule has 0 fully saturated rings. The summed E-state index contributed by atoms with van der Waals surface area (Å²) in [5, 5.41) is 12.4. The van der Waals surface area contributed by atoms with Crippen LogP contribution in [0.1, 0.15) is 45.1 Å². The standard InChI is InChI=1S/C37H33NO6/c39-36(40)23-35(30-16-20-33(21-17-30)43-25-28-10-5-2-6-11-28)38-37(41)31-12-7-13-34(22-31)44-26-29-14-18-32(19-15-29)42-24-27-8-3-1-4-9-27/h1-22,35H,23-26H2,(H,38,41)(H,39,40). The summed E-state index contributed by atoms with van der Waals surface area (Å²) in [7, 11) is 0. The quantitative estimate of drug-likeness (QED) is 0.141. The fraction of sp³-hybridized carbons (Fsp3) is 0.135. The van der Waals surface area contributed by atoms with Gasteiger partial charge < -0.3 is 24.6 Å². The number of benzene rings is 5. The Morgan fingerprint density at radius 2 is 1.07 bits per heavy atom. The predicted octanol–water partition coefficient (Wildman–Crippen LogP) is 7.37. The van der Waals surface area contributed by atoms with Gasteiger partial charge in [-0.3, -0.25) is 9.59 Å². The molecule has 0 bridgehead atoms. The molecule has 7 nitrogen and oxygen atoms in total. The Bertz CT molecular complexity index is 1640. The summed E-state index contributed by atoms with van der Waals surface area (Å²) in [4.78, 5) is 24.8. The summed E-state index contributed by atoms with van der Waals surface area (Å²) in [6.45, 7) is 1.22. The van der Waals surface area contributed by atoms with Crippen molar-refractivity contribution in [3.63, 3.8) is 0 Å². The molecule has 0 spiro atoms. The van der Waals surface area contributed by atoms with Gasteiger partial charge in [-0.25, -0.2) is 0 Å². The summed E-state index contributed by atoms with van der Waals surface area (Å²) in [6, 6.07) is 40.6. The molecule has 0 aliphatic rings. The highest BCUT2D eigenvalue weighted by Gasteiger charge is 2.19. The minimum absolute atomic E-state index is 0.267. The fourth-order valence-corrected chi connectivity index (χ4v) is 4.52. The molecule has 2 N–H and O–H groups in total. The van der Waals surface area contributed by atoms with Crippen LogP contribution in [0.4, 0.5) is 0 Å². The third-order valence-corrected chi connectivity index (χ3v) is 6.89. The molecule has 0 aliphatic carbocycles. The number of carboxylic acid groups (broad SMARTS) is 1. The monoisotopic (exact) mass is 587 g/mol. The van der Waals surface area contributed by atoms with Crippen molar-refractivity contribution in [3.05, 3.63) is 161 Å². The van der Waals surface area contributed by atoms with Crippen LogP contribution in [0.3, 0.4) is 0 Å². The SMILES string of the molecule is O=C(O)CC(NC(=O)c1cccc(OCc2ccc(OCc3ccccc3)cc2)c1)c1ccc(OCc2ccccc2)cc1. The summed E-state index contributed by atoms with van der Waals surface area (Å²) >= 11 is 0. The van der Waals surface area contributed by atoms with E-state index in [1.165, 1.54) is 0 Å². The van der Waals surface area contributed by atoms with Gasteiger partial charge in [0.25, 0.3) is 5.91 Å². The minimum Gasteiger partial charge on any atom is -0.489 e. The molecule has 1 atom stereocenters. The Hall–Kier alpha value is -5.56. The van der Waals surface area contributed by atoms with E-state index in [4.69, 9.17) is 14.2 Å². The van der Waals surface area contributed by atoms with E-state index in [0.29, 0.717) is 42.4 Å². The second-order valence-electron chi connectivity index (χ2n) is 10.2. The molecule has 5 aromatic rings. The normalized spacial score (nSPS) is 11.3. The van der Waals surface area contributed by atoms with E-state index in [1.54, 1.807) is 48.5 Å². The first-order valence-corrected chi connectivity index (χ1v) is 14.3. The van der Waals surface area contributed by atoms with Gasteiger partial charge in [0, 0.05) is 5.56 Å². The molecule has 5 aromatic carbocycles. The number of amides is 1. The lowest BCUT2D eigenvalue weighted by molar-refractivity contribution is -0.137. The summed E-state index contributed by atoms with van der Waals surface area (Å²) < 4.78 is 17.6. The molecule has 7 heteroatoms. The van der Waals surface area contributed by atoms with Crippen molar-refractivity contribution in [2.75, 3.05) is 0 Å². The molecule has 1 unspecified atom stereocenters. The third-order valence-electron chi connectivity index (χ3n) is 6.89. The van der Waals surface area contributed by atoms with Crippen molar-refractivity contribution in [3.8, 4) is 17.2 Å². The number of carbonyl (C=O) groups is 2. The van der Waals surface area contributed by atoms with E-state index in [1.807, 2.05) is 84.9 Å². The number of carbonyl (C=O) groups excluding carboxylic acids is 1. The lowest BCUT2D eigenvalue weighted by Crippen LogP contribution is -2.30. The molecule has 0 saturated heterocycles. The van der Waals surface area contributed by atoms with Crippen molar-refractivity contribution < 1.29 is 28.9 Å². The number of rotatable bonds is 14. The number of carboxylic acids is 1. The highest BCUT2D eigenvalue weighted by Crippen LogP contribution is 2.23. The van der Waals surface area contributed by atoms with Gasteiger partial charge in [0.1, 0.15) is 37.1 Å². The average Bonchev–Trinajstić information content (AvgIpc) is 3.07. The highest BCUT2D eigenvalue weighted by atomic mass is 16.5. The average molecular weight is 588 g/mol.